The Morgan fingerprint density at radius 1 is 1.29 bits per heavy atom. The summed E-state index contributed by atoms with van der Waals surface area (Å²) in [5.74, 6) is 0.433. The van der Waals surface area contributed by atoms with Crippen LogP contribution in [0.4, 0.5) is 0 Å². The quantitative estimate of drug-likeness (QED) is 0.796. The molecule has 1 fully saturated rings. The van der Waals surface area contributed by atoms with Crippen LogP contribution in [-0.2, 0) is 0 Å². The molecule has 0 amide bonds. The topological polar surface area (TPSA) is 41.5 Å². The molecule has 1 aliphatic carbocycles. The minimum Gasteiger partial charge on any atom is -0.488 e. The van der Waals surface area contributed by atoms with E-state index in [1.54, 1.807) is 18.2 Å². The Labute approximate surface area is 136 Å². The lowest BCUT2D eigenvalue weighted by molar-refractivity contribution is 0.103. The second-order valence-corrected chi connectivity index (χ2v) is 6.98. The first-order valence-corrected chi connectivity index (χ1v) is 8.21. The van der Waals surface area contributed by atoms with Gasteiger partial charge in [0.1, 0.15) is 12.7 Å². The molecule has 0 radical (unpaired) electrons. The van der Waals surface area contributed by atoms with Crippen LogP contribution in [0.3, 0.4) is 0 Å². The minimum atomic E-state index is -0.581. The summed E-state index contributed by atoms with van der Waals surface area (Å²) in [6, 6.07) is 5.19. The average Bonchev–Trinajstić information content (AvgIpc) is 2.85. The van der Waals surface area contributed by atoms with Gasteiger partial charge in [0.15, 0.2) is 5.75 Å². The number of rotatable bonds is 7. The summed E-state index contributed by atoms with van der Waals surface area (Å²) in [6.45, 7) is 3.93. The number of halogens is 2. The van der Waals surface area contributed by atoms with Crippen LogP contribution in [0, 0.1) is 5.41 Å². The maximum absolute atomic E-state index is 9.98. The van der Waals surface area contributed by atoms with Crippen molar-refractivity contribution >= 4 is 23.2 Å². The van der Waals surface area contributed by atoms with Crippen LogP contribution in [0.15, 0.2) is 18.2 Å². The zero-order valence-corrected chi connectivity index (χ0v) is 13.9. The molecule has 1 aromatic rings. The first-order valence-electron chi connectivity index (χ1n) is 7.46. The van der Waals surface area contributed by atoms with Gasteiger partial charge in [-0.1, -0.05) is 49.0 Å². The molecule has 0 heterocycles. The van der Waals surface area contributed by atoms with Gasteiger partial charge in [-0.3, -0.25) is 0 Å². The normalized spacial score (nSPS) is 18.7. The van der Waals surface area contributed by atoms with Crippen molar-refractivity contribution in [3.63, 3.8) is 0 Å². The minimum absolute atomic E-state index is 0.174. The highest BCUT2D eigenvalue weighted by molar-refractivity contribution is 6.37. The molecule has 0 spiro atoms. The second kappa shape index (κ2) is 7.68. The van der Waals surface area contributed by atoms with Crippen molar-refractivity contribution in [2.45, 2.75) is 38.7 Å². The van der Waals surface area contributed by atoms with Gasteiger partial charge in [-0.2, -0.15) is 0 Å². The summed E-state index contributed by atoms with van der Waals surface area (Å²) in [7, 11) is 0. The van der Waals surface area contributed by atoms with Gasteiger partial charge in [0.25, 0.3) is 0 Å². The first kappa shape index (κ1) is 16.9. The Morgan fingerprint density at radius 2 is 1.90 bits per heavy atom. The SMILES string of the molecule is CC1(CNCC(O)COc2c(Cl)cccc2Cl)CCCC1. The molecule has 0 aliphatic heterocycles. The van der Waals surface area contributed by atoms with Gasteiger partial charge in [-0.25, -0.2) is 0 Å². The third-order valence-electron chi connectivity index (χ3n) is 4.08. The summed E-state index contributed by atoms with van der Waals surface area (Å²) in [5, 5.41) is 14.2. The molecule has 2 N–H and O–H groups in total. The number of ether oxygens (including phenoxy) is 1. The largest absolute Gasteiger partial charge is 0.488 e. The number of aliphatic hydroxyl groups excluding tert-OH is 1. The van der Waals surface area contributed by atoms with E-state index in [4.69, 9.17) is 27.9 Å². The van der Waals surface area contributed by atoms with Crippen molar-refractivity contribution in [1.29, 1.82) is 0 Å². The zero-order chi connectivity index (χ0) is 15.3. The van der Waals surface area contributed by atoms with Crippen molar-refractivity contribution in [2.75, 3.05) is 19.7 Å². The second-order valence-electron chi connectivity index (χ2n) is 6.16. The van der Waals surface area contributed by atoms with E-state index >= 15 is 0 Å². The molecule has 0 saturated heterocycles. The van der Waals surface area contributed by atoms with E-state index in [1.165, 1.54) is 25.7 Å². The number of hydrogen-bond donors (Lipinski definition) is 2. The molecule has 0 bridgehead atoms. The fraction of sp³-hybridized carbons (Fsp3) is 0.625. The van der Waals surface area contributed by atoms with Crippen molar-refractivity contribution in [3.05, 3.63) is 28.2 Å². The van der Waals surface area contributed by atoms with E-state index in [-0.39, 0.29) is 6.61 Å². The number of aliphatic hydroxyl groups is 1. The van der Waals surface area contributed by atoms with Gasteiger partial charge in [0.2, 0.25) is 0 Å². The lowest BCUT2D eigenvalue weighted by Gasteiger charge is -2.24. The number of hydrogen-bond acceptors (Lipinski definition) is 3. The molecular weight excluding hydrogens is 309 g/mol. The zero-order valence-electron chi connectivity index (χ0n) is 12.4. The Bertz CT molecular complexity index is 441. The lowest BCUT2D eigenvalue weighted by atomic mass is 9.89. The third-order valence-corrected chi connectivity index (χ3v) is 4.68. The van der Waals surface area contributed by atoms with E-state index < -0.39 is 6.10 Å². The van der Waals surface area contributed by atoms with E-state index in [0.717, 1.165) is 6.54 Å². The van der Waals surface area contributed by atoms with Gasteiger partial charge in [-0.05, 0) is 30.4 Å². The molecule has 1 atom stereocenters. The van der Waals surface area contributed by atoms with E-state index in [0.29, 0.717) is 27.8 Å². The van der Waals surface area contributed by atoms with Crippen molar-refractivity contribution < 1.29 is 9.84 Å². The highest BCUT2D eigenvalue weighted by atomic mass is 35.5. The van der Waals surface area contributed by atoms with Gasteiger partial charge in [0.05, 0.1) is 10.0 Å². The maximum atomic E-state index is 9.98. The highest BCUT2D eigenvalue weighted by Gasteiger charge is 2.28. The number of benzene rings is 1. The Balaban J connectivity index is 1.71. The first-order chi connectivity index (χ1) is 10.0. The van der Waals surface area contributed by atoms with Crippen LogP contribution in [-0.4, -0.2) is 30.9 Å². The summed E-state index contributed by atoms with van der Waals surface area (Å²) < 4.78 is 5.52. The molecular formula is C16H23Cl2NO2. The lowest BCUT2D eigenvalue weighted by Crippen LogP contribution is -2.37. The molecule has 1 aliphatic rings. The molecule has 2 rings (SSSR count). The molecule has 118 valence electrons. The molecule has 1 saturated carbocycles. The summed E-state index contributed by atoms with van der Waals surface area (Å²) in [6.07, 6.45) is 4.58. The molecule has 1 aromatic carbocycles. The van der Waals surface area contributed by atoms with Crippen molar-refractivity contribution in [2.24, 2.45) is 5.41 Å². The summed E-state index contributed by atoms with van der Waals surface area (Å²) >= 11 is 12.0. The van der Waals surface area contributed by atoms with E-state index in [9.17, 15) is 5.11 Å². The van der Waals surface area contributed by atoms with Gasteiger partial charge in [0, 0.05) is 13.1 Å². The monoisotopic (exact) mass is 331 g/mol. The van der Waals surface area contributed by atoms with Crippen LogP contribution in [0.2, 0.25) is 10.0 Å². The predicted molar refractivity (Wildman–Crippen MR) is 87.4 cm³/mol. The van der Waals surface area contributed by atoms with Crippen LogP contribution >= 0.6 is 23.2 Å². The fourth-order valence-corrected chi connectivity index (χ4v) is 3.31. The molecule has 3 nitrogen and oxygen atoms in total. The average molecular weight is 332 g/mol. The van der Waals surface area contributed by atoms with Gasteiger partial charge < -0.3 is 15.2 Å². The van der Waals surface area contributed by atoms with Crippen LogP contribution in [0.25, 0.3) is 0 Å². The van der Waals surface area contributed by atoms with Crippen molar-refractivity contribution in [3.8, 4) is 5.75 Å². The molecule has 0 aromatic heterocycles. The molecule has 1 unspecified atom stereocenters. The van der Waals surface area contributed by atoms with Crippen LogP contribution in [0.5, 0.6) is 5.75 Å². The molecule has 21 heavy (non-hydrogen) atoms. The fourth-order valence-electron chi connectivity index (χ4n) is 2.80. The van der Waals surface area contributed by atoms with Gasteiger partial charge in [-0.15, -0.1) is 0 Å². The Morgan fingerprint density at radius 3 is 2.52 bits per heavy atom. The van der Waals surface area contributed by atoms with Gasteiger partial charge >= 0.3 is 0 Å². The summed E-state index contributed by atoms with van der Waals surface area (Å²) in [5.41, 5.74) is 0.382. The van der Waals surface area contributed by atoms with Crippen LogP contribution < -0.4 is 10.1 Å². The van der Waals surface area contributed by atoms with Crippen molar-refractivity contribution in [1.82, 2.24) is 5.32 Å². The number of nitrogens with one attached hydrogen (secondary N) is 1. The van der Waals surface area contributed by atoms with E-state index in [1.807, 2.05) is 0 Å². The predicted octanol–water partition coefficient (Wildman–Crippen LogP) is 3.90. The molecule has 5 heteroatoms. The maximum Gasteiger partial charge on any atom is 0.156 e. The Hall–Kier alpha value is -0.480. The number of para-hydroxylation sites is 1. The Kier molecular flexibility index (Phi) is 6.18. The third kappa shape index (κ3) is 5.03. The smallest absolute Gasteiger partial charge is 0.156 e. The highest BCUT2D eigenvalue weighted by Crippen LogP contribution is 2.36. The van der Waals surface area contributed by atoms with E-state index in [2.05, 4.69) is 12.2 Å². The van der Waals surface area contributed by atoms with Crippen LogP contribution in [0.1, 0.15) is 32.6 Å². The standard InChI is InChI=1S/C16H23Cl2NO2/c1-16(7-2-3-8-16)11-19-9-12(20)10-21-15-13(17)5-4-6-14(15)18/h4-6,12,19-20H,2-3,7-11H2,1H3. The summed E-state index contributed by atoms with van der Waals surface area (Å²) in [4.78, 5) is 0.